The quantitative estimate of drug-likeness (QED) is 0.827. The van der Waals surface area contributed by atoms with E-state index in [0.717, 1.165) is 5.56 Å². The molecule has 5 nitrogen and oxygen atoms in total. The van der Waals surface area contributed by atoms with Crippen LogP contribution in [0.25, 0.3) is 0 Å². The molecule has 2 atom stereocenters. The fourth-order valence-electron chi connectivity index (χ4n) is 1.61. The molecule has 0 heterocycles. The van der Waals surface area contributed by atoms with Gasteiger partial charge >= 0.3 is 0 Å². The van der Waals surface area contributed by atoms with E-state index in [4.69, 9.17) is 9.84 Å². The van der Waals surface area contributed by atoms with Crippen LogP contribution in [0.2, 0.25) is 0 Å². The lowest BCUT2D eigenvalue weighted by Gasteiger charge is -2.19. The highest BCUT2D eigenvalue weighted by Crippen LogP contribution is 2.21. The van der Waals surface area contributed by atoms with Crippen molar-refractivity contribution in [2.75, 3.05) is 13.7 Å². The van der Waals surface area contributed by atoms with Crippen molar-refractivity contribution in [3.8, 4) is 5.75 Å². The third-order valence-corrected chi connectivity index (χ3v) is 4.72. The molecule has 0 spiro atoms. The van der Waals surface area contributed by atoms with Gasteiger partial charge in [-0.05, 0) is 43.5 Å². The Kier molecular flexibility index (Phi) is 5.34. The number of aliphatic hydroxyl groups excluding tert-OH is 1. The Morgan fingerprint density at radius 1 is 1.37 bits per heavy atom. The van der Waals surface area contributed by atoms with Crippen molar-refractivity contribution in [2.45, 2.75) is 31.7 Å². The van der Waals surface area contributed by atoms with Gasteiger partial charge in [0.2, 0.25) is 10.0 Å². The molecule has 0 aliphatic rings. The van der Waals surface area contributed by atoms with Gasteiger partial charge in [-0.1, -0.05) is 6.92 Å². The molecule has 0 aliphatic carbocycles. The molecule has 0 saturated carbocycles. The Balaban J connectivity index is 2.98. The molecule has 0 fully saturated rings. The van der Waals surface area contributed by atoms with Gasteiger partial charge in [-0.3, -0.25) is 0 Å². The number of aryl methyl sites for hydroxylation is 1. The van der Waals surface area contributed by atoms with Crippen LogP contribution in [-0.2, 0) is 10.0 Å². The molecule has 2 unspecified atom stereocenters. The smallest absolute Gasteiger partial charge is 0.240 e. The lowest BCUT2D eigenvalue weighted by atomic mass is 10.1. The third kappa shape index (κ3) is 3.92. The van der Waals surface area contributed by atoms with Crippen molar-refractivity contribution in [1.29, 1.82) is 0 Å². The summed E-state index contributed by atoms with van der Waals surface area (Å²) in [6.07, 6.45) is 0. The van der Waals surface area contributed by atoms with Crippen LogP contribution in [0.3, 0.4) is 0 Å². The predicted octanol–water partition coefficient (Wildman–Crippen LogP) is 1.30. The molecule has 0 radical (unpaired) electrons. The van der Waals surface area contributed by atoms with Crippen LogP contribution in [0, 0.1) is 12.8 Å². The minimum absolute atomic E-state index is 0.0642. The maximum Gasteiger partial charge on any atom is 0.240 e. The SMILES string of the molecule is COc1ccc(S(=O)(=O)NC(C)C(C)CO)cc1C. The number of methoxy groups -OCH3 is 1. The summed E-state index contributed by atoms with van der Waals surface area (Å²) in [4.78, 5) is 0.197. The molecule has 0 aliphatic heterocycles. The molecule has 0 amide bonds. The molecular formula is C13H21NO4S. The zero-order chi connectivity index (χ0) is 14.6. The molecule has 19 heavy (non-hydrogen) atoms. The summed E-state index contributed by atoms with van der Waals surface area (Å²) < 4.78 is 32.0. The van der Waals surface area contributed by atoms with Gasteiger partial charge in [0.15, 0.2) is 0 Å². The van der Waals surface area contributed by atoms with E-state index in [-0.39, 0.29) is 23.5 Å². The standard InChI is InChI=1S/C13H21NO4S/c1-9-7-12(5-6-13(9)18-4)19(16,17)14-11(3)10(2)8-15/h5-7,10-11,14-15H,8H2,1-4H3. The predicted molar refractivity (Wildman–Crippen MR) is 73.8 cm³/mol. The fraction of sp³-hybridized carbons (Fsp3) is 0.538. The maximum atomic E-state index is 12.2. The second-order valence-corrected chi connectivity index (χ2v) is 6.42. The van der Waals surface area contributed by atoms with Gasteiger partial charge < -0.3 is 9.84 Å². The van der Waals surface area contributed by atoms with Crippen LogP contribution in [0.1, 0.15) is 19.4 Å². The zero-order valence-electron chi connectivity index (χ0n) is 11.7. The van der Waals surface area contributed by atoms with Crippen molar-refractivity contribution in [3.05, 3.63) is 23.8 Å². The molecule has 6 heteroatoms. The van der Waals surface area contributed by atoms with E-state index in [0.29, 0.717) is 5.75 Å². The first-order chi connectivity index (χ1) is 8.81. The molecule has 1 aromatic rings. The van der Waals surface area contributed by atoms with Gasteiger partial charge in [0, 0.05) is 12.6 Å². The van der Waals surface area contributed by atoms with Crippen LogP contribution in [0.4, 0.5) is 0 Å². The Hall–Kier alpha value is -1.11. The highest BCUT2D eigenvalue weighted by molar-refractivity contribution is 7.89. The van der Waals surface area contributed by atoms with E-state index in [1.54, 1.807) is 40.0 Å². The average molecular weight is 287 g/mol. The largest absolute Gasteiger partial charge is 0.496 e. The van der Waals surface area contributed by atoms with E-state index in [2.05, 4.69) is 4.72 Å². The Bertz CT molecular complexity index is 527. The summed E-state index contributed by atoms with van der Waals surface area (Å²) in [5.41, 5.74) is 0.758. The van der Waals surface area contributed by atoms with Crippen molar-refractivity contribution < 1.29 is 18.3 Å². The highest BCUT2D eigenvalue weighted by atomic mass is 32.2. The molecule has 108 valence electrons. The number of rotatable bonds is 6. The van der Waals surface area contributed by atoms with Gasteiger partial charge in [0.1, 0.15) is 5.75 Å². The number of benzene rings is 1. The first kappa shape index (κ1) is 15.9. The minimum Gasteiger partial charge on any atom is -0.496 e. The van der Waals surface area contributed by atoms with Crippen molar-refractivity contribution in [1.82, 2.24) is 4.72 Å². The number of hydrogen-bond acceptors (Lipinski definition) is 4. The first-order valence-corrected chi connectivity index (χ1v) is 7.58. The second kappa shape index (κ2) is 6.36. The number of ether oxygens (including phenoxy) is 1. The summed E-state index contributed by atoms with van der Waals surface area (Å²) in [5.74, 6) is 0.504. The number of hydrogen-bond donors (Lipinski definition) is 2. The molecule has 2 N–H and O–H groups in total. The molecule has 1 rings (SSSR count). The summed E-state index contributed by atoms with van der Waals surface area (Å²) in [6, 6.07) is 4.36. The van der Waals surface area contributed by atoms with Gasteiger partial charge in [0.05, 0.1) is 12.0 Å². The second-order valence-electron chi connectivity index (χ2n) is 4.70. The highest BCUT2D eigenvalue weighted by Gasteiger charge is 2.21. The molecule has 0 aromatic heterocycles. The van der Waals surface area contributed by atoms with Crippen LogP contribution in [-0.4, -0.2) is 33.3 Å². The topological polar surface area (TPSA) is 75.6 Å². The number of sulfonamides is 1. The van der Waals surface area contributed by atoms with Crippen LogP contribution < -0.4 is 9.46 Å². The molecular weight excluding hydrogens is 266 g/mol. The van der Waals surface area contributed by atoms with E-state index < -0.39 is 10.0 Å². The third-order valence-electron chi connectivity index (χ3n) is 3.16. The first-order valence-electron chi connectivity index (χ1n) is 6.09. The Morgan fingerprint density at radius 3 is 2.47 bits per heavy atom. The number of nitrogens with one attached hydrogen (secondary N) is 1. The zero-order valence-corrected chi connectivity index (χ0v) is 12.5. The Labute approximate surface area is 114 Å². The van der Waals surface area contributed by atoms with Crippen LogP contribution >= 0.6 is 0 Å². The summed E-state index contributed by atoms with van der Waals surface area (Å²) >= 11 is 0. The van der Waals surface area contributed by atoms with E-state index >= 15 is 0 Å². The van der Waals surface area contributed by atoms with Crippen LogP contribution in [0.15, 0.2) is 23.1 Å². The normalized spacial score (nSPS) is 15.0. The number of aliphatic hydroxyl groups is 1. The van der Waals surface area contributed by atoms with E-state index in [1.807, 2.05) is 0 Å². The summed E-state index contributed by atoms with van der Waals surface area (Å²) in [7, 11) is -2.04. The maximum absolute atomic E-state index is 12.2. The lowest BCUT2D eigenvalue weighted by Crippen LogP contribution is -2.38. The van der Waals surface area contributed by atoms with Gasteiger partial charge in [-0.15, -0.1) is 0 Å². The van der Waals surface area contributed by atoms with Gasteiger partial charge in [-0.2, -0.15) is 0 Å². The van der Waals surface area contributed by atoms with Crippen molar-refractivity contribution in [2.24, 2.45) is 5.92 Å². The van der Waals surface area contributed by atoms with Crippen molar-refractivity contribution in [3.63, 3.8) is 0 Å². The van der Waals surface area contributed by atoms with E-state index in [9.17, 15) is 8.42 Å². The molecule has 0 bridgehead atoms. The Morgan fingerprint density at radius 2 is 2.00 bits per heavy atom. The minimum atomic E-state index is -3.58. The fourth-order valence-corrected chi connectivity index (χ4v) is 3.04. The summed E-state index contributed by atoms with van der Waals surface area (Å²) in [6.45, 7) is 5.24. The van der Waals surface area contributed by atoms with E-state index in [1.165, 1.54) is 6.07 Å². The lowest BCUT2D eigenvalue weighted by molar-refractivity contribution is 0.216. The average Bonchev–Trinajstić information content (AvgIpc) is 2.37. The van der Waals surface area contributed by atoms with Crippen LogP contribution in [0.5, 0.6) is 5.75 Å². The molecule has 0 saturated heterocycles. The monoisotopic (exact) mass is 287 g/mol. The van der Waals surface area contributed by atoms with Gasteiger partial charge in [0.25, 0.3) is 0 Å². The van der Waals surface area contributed by atoms with Crippen molar-refractivity contribution >= 4 is 10.0 Å². The summed E-state index contributed by atoms with van der Waals surface area (Å²) in [5, 5.41) is 9.03. The molecule has 1 aromatic carbocycles. The van der Waals surface area contributed by atoms with Gasteiger partial charge in [-0.25, -0.2) is 13.1 Å².